The van der Waals surface area contributed by atoms with Crippen LogP contribution in [0.3, 0.4) is 0 Å². The maximum atomic E-state index is 13.1. The van der Waals surface area contributed by atoms with Crippen molar-refractivity contribution in [2.45, 2.75) is 38.1 Å². The fraction of sp³-hybridized carbons (Fsp3) is 0.500. The second-order valence-corrected chi connectivity index (χ2v) is 9.29. The van der Waals surface area contributed by atoms with Gasteiger partial charge in [0, 0.05) is 17.8 Å². The minimum Gasteiger partial charge on any atom is -0.383 e. The van der Waals surface area contributed by atoms with Gasteiger partial charge in [0.25, 0.3) is 5.91 Å². The van der Waals surface area contributed by atoms with Gasteiger partial charge in [0.1, 0.15) is 11.0 Å². The molecule has 2 aliphatic rings. The van der Waals surface area contributed by atoms with E-state index in [0.29, 0.717) is 36.1 Å². The fourth-order valence-corrected chi connectivity index (χ4v) is 4.89. The molecule has 1 atom stereocenters. The number of carbonyl (C=O) groups excluding carboxylic acids is 1. The van der Waals surface area contributed by atoms with Crippen molar-refractivity contribution in [2.24, 2.45) is 0 Å². The van der Waals surface area contributed by atoms with Crippen LogP contribution in [0, 0.1) is 0 Å². The highest BCUT2D eigenvalue weighted by Crippen LogP contribution is 2.35. The standard InChI is InChI=1S/C16H20ClN5O3S/c1-26(24,25)21-6-5-10-13(8-21)20-22(15(10)18)16(23)9-3-2-4-12-11(9)7-14(17)19-12/h7,9,19H,2-6,8,18H2,1H3. The van der Waals surface area contributed by atoms with Gasteiger partial charge in [-0.1, -0.05) is 11.6 Å². The number of nitrogen functional groups attached to an aromatic ring is 1. The molecule has 0 saturated carbocycles. The Balaban J connectivity index is 1.68. The predicted molar refractivity (Wildman–Crippen MR) is 97.7 cm³/mol. The molecule has 2 aromatic heterocycles. The molecule has 0 amide bonds. The molecule has 26 heavy (non-hydrogen) atoms. The van der Waals surface area contributed by atoms with Crippen molar-refractivity contribution in [3.05, 3.63) is 33.7 Å². The maximum absolute atomic E-state index is 13.1. The minimum absolute atomic E-state index is 0.143. The summed E-state index contributed by atoms with van der Waals surface area (Å²) in [5, 5.41) is 4.88. The number of aromatic nitrogens is 3. The van der Waals surface area contributed by atoms with Gasteiger partial charge in [-0.05, 0) is 37.3 Å². The van der Waals surface area contributed by atoms with Gasteiger partial charge in [-0.2, -0.15) is 14.1 Å². The Morgan fingerprint density at radius 1 is 1.42 bits per heavy atom. The largest absolute Gasteiger partial charge is 0.383 e. The van der Waals surface area contributed by atoms with Crippen LogP contribution < -0.4 is 5.73 Å². The number of rotatable bonds is 2. The van der Waals surface area contributed by atoms with E-state index in [2.05, 4.69) is 10.1 Å². The number of nitrogens with two attached hydrogens (primary N) is 1. The summed E-state index contributed by atoms with van der Waals surface area (Å²) in [5.74, 6) is -0.233. The molecule has 0 fully saturated rings. The lowest BCUT2D eigenvalue weighted by Crippen LogP contribution is -2.35. The first-order valence-corrected chi connectivity index (χ1v) is 10.7. The van der Waals surface area contributed by atoms with Crippen molar-refractivity contribution in [3.8, 4) is 0 Å². The number of carbonyl (C=O) groups is 1. The van der Waals surface area contributed by atoms with Gasteiger partial charge >= 0.3 is 0 Å². The van der Waals surface area contributed by atoms with Crippen molar-refractivity contribution in [3.63, 3.8) is 0 Å². The summed E-state index contributed by atoms with van der Waals surface area (Å²) in [5.41, 5.74) is 9.39. The van der Waals surface area contributed by atoms with Gasteiger partial charge in [0.15, 0.2) is 0 Å². The van der Waals surface area contributed by atoms with E-state index in [0.717, 1.165) is 29.7 Å². The molecule has 140 valence electrons. The Kier molecular flexibility index (Phi) is 4.13. The van der Waals surface area contributed by atoms with Crippen LogP contribution in [0.15, 0.2) is 6.07 Å². The van der Waals surface area contributed by atoms with Crippen LogP contribution in [0.4, 0.5) is 5.82 Å². The molecule has 1 unspecified atom stereocenters. The van der Waals surface area contributed by atoms with Gasteiger partial charge in [0.2, 0.25) is 10.0 Å². The van der Waals surface area contributed by atoms with Crippen molar-refractivity contribution in [1.29, 1.82) is 0 Å². The number of nitrogens with one attached hydrogen (secondary N) is 1. The Morgan fingerprint density at radius 3 is 2.92 bits per heavy atom. The molecule has 0 saturated heterocycles. The second kappa shape index (κ2) is 6.11. The molecule has 0 aromatic carbocycles. The summed E-state index contributed by atoms with van der Waals surface area (Å²) in [4.78, 5) is 16.2. The van der Waals surface area contributed by atoms with Crippen molar-refractivity contribution in [2.75, 3.05) is 18.5 Å². The normalized spacial score (nSPS) is 20.6. The first-order valence-electron chi connectivity index (χ1n) is 8.48. The molecule has 0 bridgehead atoms. The third kappa shape index (κ3) is 2.83. The summed E-state index contributed by atoms with van der Waals surface area (Å²) in [7, 11) is -3.31. The number of halogens is 1. The zero-order valence-corrected chi connectivity index (χ0v) is 15.9. The maximum Gasteiger partial charge on any atom is 0.256 e. The highest BCUT2D eigenvalue weighted by atomic mass is 35.5. The number of hydrogen-bond acceptors (Lipinski definition) is 5. The number of nitrogens with zero attached hydrogens (tertiary/aromatic N) is 3. The molecule has 8 nitrogen and oxygen atoms in total. The number of sulfonamides is 1. The van der Waals surface area contributed by atoms with Crippen LogP contribution in [0.25, 0.3) is 0 Å². The van der Waals surface area contributed by atoms with Crippen molar-refractivity contribution >= 4 is 33.3 Å². The van der Waals surface area contributed by atoms with Crippen molar-refractivity contribution < 1.29 is 13.2 Å². The summed E-state index contributed by atoms with van der Waals surface area (Å²) in [6, 6.07) is 1.80. The van der Waals surface area contributed by atoms with Crippen LogP contribution in [0.1, 0.15) is 46.1 Å². The van der Waals surface area contributed by atoms with E-state index in [9.17, 15) is 13.2 Å². The van der Waals surface area contributed by atoms with Gasteiger partial charge in [0.05, 0.1) is 24.4 Å². The summed E-state index contributed by atoms with van der Waals surface area (Å²) in [6.45, 7) is 0.488. The lowest BCUT2D eigenvalue weighted by atomic mass is 9.86. The fourth-order valence-electron chi connectivity index (χ4n) is 3.88. The molecule has 10 heteroatoms. The molecular weight excluding hydrogens is 378 g/mol. The van der Waals surface area contributed by atoms with Gasteiger partial charge in [-0.15, -0.1) is 0 Å². The summed E-state index contributed by atoms with van der Waals surface area (Å²) < 4.78 is 26.2. The van der Waals surface area contributed by atoms with E-state index in [-0.39, 0.29) is 18.4 Å². The Labute approximate surface area is 156 Å². The van der Waals surface area contributed by atoms with Gasteiger partial charge in [-0.3, -0.25) is 4.79 Å². The average molecular weight is 398 g/mol. The highest BCUT2D eigenvalue weighted by Gasteiger charge is 2.34. The molecular formula is C16H20ClN5O3S. The Morgan fingerprint density at radius 2 is 2.19 bits per heavy atom. The third-order valence-corrected chi connectivity index (χ3v) is 6.67. The number of anilines is 1. The molecule has 1 aliphatic heterocycles. The van der Waals surface area contributed by atoms with Crippen LogP contribution in [-0.2, 0) is 29.4 Å². The zero-order valence-electron chi connectivity index (χ0n) is 14.3. The monoisotopic (exact) mass is 397 g/mol. The van der Waals surface area contributed by atoms with Crippen LogP contribution in [0.2, 0.25) is 5.15 Å². The van der Waals surface area contributed by atoms with E-state index in [4.69, 9.17) is 17.3 Å². The number of fused-ring (bicyclic) bond motifs is 2. The SMILES string of the molecule is CS(=O)(=O)N1CCc2c(nn(C(=O)C3CCCc4[nH]c(Cl)cc43)c2N)C1. The number of H-pyrrole nitrogens is 1. The molecule has 3 N–H and O–H groups in total. The first kappa shape index (κ1) is 17.6. The number of aryl methyl sites for hydroxylation is 1. The molecule has 1 aliphatic carbocycles. The third-order valence-electron chi connectivity index (χ3n) is 5.22. The summed E-state index contributed by atoms with van der Waals surface area (Å²) >= 11 is 6.06. The van der Waals surface area contributed by atoms with Crippen molar-refractivity contribution in [1.82, 2.24) is 19.1 Å². The van der Waals surface area contributed by atoms with Gasteiger partial charge < -0.3 is 10.7 Å². The topological polar surface area (TPSA) is 114 Å². The molecule has 3 heterocycles. The average Bonchev–Trinajstić information content (AvgIpc) is 3.12. The lowest BCUT2D eigenvalue weighted by Gasteiger charge is -2.23. The predicted octanol–water partition coefficient (Wildman–Crippen LogP) is 1.52. The highest BCUT2D eigenvalue weighted by molar-refractivity contribution is 7.88. The molecule has 0 radical (unpaired) electrons. The van der Waals surface area contributed by atoms with Gasteiger partial charge in [-0.25, -0.2) is 8.42 Å². The Bertz CT molecular complexity index is 994. The van der Waals surface area contributed by atoms with E-state index in [1.165, 1.54) is 15.2 Å². The van der Waals surface area contributed by atoms with Crippen LogP contribution in [0.5, 0.6) is 0 Å². The quantitative estimate of drug-likeness (QED) is 0.797. The summed E-state index contributed by atoms with van der Waals surface area (Å²) in [6.07, 6.45) is 4.07. The minimum atomic E-state index is -3.31. The molecule has 4 rings (SSSR count). The Hall–Kier alpha value is -1.84. The van der Waals surface area contributed by atoms with Crippen LogP contribution >= 0.6 is 11.6 Å². The number of hydrogen-bond donors (Lipinski definition) is 2. The molecule has 0 spiro atoms. The molecule has 2 aromatic rings. The van der Waals surface area contributed by atoms with E-state index < -0.39 is 10.0 Å². The second-order valence-electron chi connectivity index (χ2n) is 6.90. The zero-order chi connectivity index (χ0) is 18.6. The van der Waals surface area contributed by atoms with E-state index in [1.807, 2.05) is 0 Å². The van der Waals surface area contributed by atoms with E-state index >= 15 is 0 Å². The van der Waals surface area contributed by atoms with Crippen LogP contribution in [-0.4, -0.2) is 46.2 Å². The van der Waals surface area contributed by atoms with E-state index in [1.54, 1.807) is 6.07 Å². The first-order chi connectivity index (χ1) is 12.3. The number of aromatic amines is 1. The lowest BCUT2D eigenvalue weighted by molar-refractivity contribution is 0.0854. The smallest absolute Gasteiger partial charge is 0.256 e.